The Morgan fingerprint density at radius 3 is 2.57 bits per heavy atom. The molecule has 0 bridgehead atoms. The number of fused-ring (bicyclic) bond motifs is 2. The molecule has 23 heavy (non-hydrogen) atoms. The van der Waals surface area contributed by atoms with Crippen molar-refractivity contribution >= 4 is 32.8 Å². The standard InChI is InChI=1S/C14H16ClN3O4S/c15-11-1-8-5-16-17-13(8)12(2-11)14(19)3-9-6-18(23(20,21)22)7-10(9)4-14/h1-2,5,9-10,19H,3-4,6-7H2,(H,16,17)(H,20,21,22)/t9-,10+,14?. The lowest BCUT2D eigenvalue weighted by atomic mass is 9.89. The van der Waals surface area contributed by atoms with Crippen molar-refractivity contribution in [3.05, 3.63) is 28.9 Å². The van der Waals surface area contributed by atoms with Crippen LogP contribution in [0, 0.1) is 11.8 Å². The van der Waals surface area contributed by atoms with Crippen LogP contribution in [0.15, 0.2) is 18.3 Å². The van der Waals surface area contributed by atoms with Gasteiger partial charge in [0.05, 0.1) is 17.3 Å². The first kappa shape index (κ1) is 15.3. The van der Waals surface area contributed by atoms with E-state index in [9.17, 15) is 18.1 Å². The van der Waals surface area contributed by atoms with E-state index in [4.69, 9.17) is 11.6 Å². The van der Waals surface area contributed by atoms with Gasteiger partial charge in [0.2, 0.25) is 0 Å². The molecule has 0 amide bonds. The quantitative estimate of drug-likeness (QED) is 0.707. The van der Waals surface area contributed by atoms with E-state index < -0.39 is 15.9 Å². The number of benzene rings is 1. The van der Waals surface area contributed by atoms with E-state index in [1.807, 2.05) is 0 Å². The first-order chi connectivity index (χ1) is 10.8. The maximum Gasteiger partial charge on any atom is 0.335 e. The topological polar surface area (TPSA) is 107 Å². The summed E-state index contributed by atoms with van der Waals surface area (Å²) >= 11 is 6.15. The minimum absolute atomic E-state index is 0.0129. The van der Waals surface area contributed by atoms with E-state index in [0.717, 1.165) is 15.2 Å². The summed E-state index contributed by atoms with van der Waals surface area (Å²) in [6.07, 6.45) is 2.51. The predicted molar refractivity (Wildman–Crippen MR) is 84.3 cm³/mol. The van der Waals surface area contributed by atoms with Crippen molar-refractivity contribution in [1.82, 2.24) is 14.5 Å². The number of nitrogens with zero attached hydrogens (tertiary/aromatic N) is 2. The highest BCUT2D eigenvalue weighted by Gasteiger charge is 2.51. The van der Waals surface area contributed by atoms with Crippen LogP contribution in [0.3, 0.4) is 0 Å². The Morgan fingerprint density at radius 2 is 1.96 bits per heavy atom. The van der Waals surface area contributed by atoms with Gasteiger partial charge in [-0.1, -0.05) is 11.6 Å². The molecule has 2 aliphatic rings. The molecular formula is C14H16ClN3O4S. The molecule has 3 atom stereocenters. The van der Waals surface area contributed by atoms with Crippen LogP contribution >= 0.6 is 11.6 Å². The van der Waals surface area contributed by atoms with Gasteiger partial charge in [0, 0.05) is 29.1 Å². The van der Waals surface area contributed by atoms with Gasteiger partial charge in [-0.3, -0.25) is 9.65 Å². The lowest BCUT2D eigenvalue weighted by Gasteiger charge is -2.26. The molecule has 1 saturated heterocycles. The van der Waals surface area contributed by atoms with E-state index in [1.54, 1.807) is 18.3 Å². The Hall–Kier alpha value is -1.19. The van der Waals surface area contributed by atoms with Crippen LogP contribution in [-0.2, 0) is 15.9 Å². The third-order valence-corrected chi connectivity index (χ3v) is 6.25. The molecule has 1 aromatic heterocycles. The van der Waals surface area contributed by atoms with Gasteiger partial charge < -0.3 is 5.11 Å². The smallest absolute Gasteiger partial charge is 0.335 e. The van der Waals surface area contributed by atoms with Gasteiger partial charge in [-0.25, -0.2) is 0 Å². The van der Waals surface area contributed by atoms with Gasteiger partial charge in [-0.05, 0) is 36.8 Å². The van der Waals surface area contributed by atoms with Crippen LogP contribution in [0.2, 0.25) is 5.02 Å². The van der Waals surface area contributed by atoms with Crippen molar-refractivity contribution in [2.75, 3.05) is 13.1 Å². The zero-order chi connectivity index (χ0) is 16.4. The summed E-state index contributed by atoms with van der Waals surface area (Å²) in [6.45, 7) is 0.469. The number of hydrogen-bond donors (Lipinski definition) is 3. The molecule has 1 aliphatic heterocycles. The molecule has 7 nitrogen and oxygen atoms in total. The summed E-state index contributed by atoms with van der Waals surface area (Å²) in [6, 6.07) is 3.52. The third kappa shape index (κ3) is 2.45. The fourth-order valence-corrected chi connectivity index (χ4v) is 5.09. The maximum absolute atomic E-state index is 11.3. The number of H-pyrrole nitrogens is 1. The van der Waals surface area contributed by atoms with Gasteiger partial charge in [0.1, 0.15) is 0 Å². The molecule has 3 N–H and O–H groups in total. The van der Waals surface area contributed by atoms with Crippen molar-refractivity contribution in [3.63, 3.8) is 0 Å². The van der Waals surface area contributed by atoms with Gasteiger partial charge in [-0.2, -0.15) is 17.8 Å². The molecule has 2 heterocycles. The first-order valence-corrected chi connectivity index (χ1v) is 9.12. The molecule has 4 rings (SSSR count). The molecule has 2 aromatic rings. The normalized spacial score (nSPS) is 31.8. The average Bonchev–Trinajstić information content (AvgIpc) is 3.09. The number of aliphatic hydroxyl groups is 1. The first-order valence-electron chi connectivity index (χ1n) is 7.34. The second kappa shape index (κ2) is 4.90. The summed E-state index contributed by atoms with van der Waals surface area (Å²) in [5, 5.41) is 19.4. The lowest BCUT2D eigenvalue weighted by Crippen LogP contribution is -2.32. The minimum atomic E-state index is -4.16. The largest absolute Gasteiger partial charge is 0.385 e. The summed E-state index contributed by atoms with van der Waals surface area (Å²) in [7, 11) is -4.16. The summed E-state index contributed by atoms with van der Waals surface area (Å²) in [4.78, 5) is 0. The molecule has 9 heteroatoms. The van der Waals surface area contributed by atoms with Gasteiger partial charge in [0.25, 0.3) is 0 Å². The fourth-order valence-electron chi connectivity index (χ4n) is 4.11. The summed E-state index contributed by atoms with van der Waals surface area (Å²) < 4.78 is 32.8. The van der Waals surface area contributed by atoms with Crippen LogP contribution in [0.25, 0.3) is 10.9 Å². The van der Waals surface area contributed by atoms with Crippen LogP contribution < -0.4 is 0 Å². The van der Waals surface area contributed by atoms with Crippen molar-refractivity contribution < 1.29 is 18.1 Å². The Labute approximate surface area is 138 Å². The molecule has 124 valence electrons. The second-order valence-electron chi connectivity index (χ2n) is 6.54. The van der Waals surface area contributed by atoms with Gasteiger partial charge in [-0.15, -0.1) is 0 Å². The zero-order valence-electron chi connectivity index (χ0n) is 12.1. The Morgan fingerprint density at radius 1 is 1.30 bits per heavy atom. The number of halogens is 1. The van der Waals surface area contributed by atoms with Crippen LogP contribution in [0.5, 0.6) is 0 Å². The molecule has 0 radical (unpaired) electrons. The van der Waals surface area contributed by atoms with E-state index >= 15 is 0 Å². The van der Waals surface area contributed by atoms with E-state index in [1.165, 1.54) is 0 Å². The summed E-state index contributed by atoms with van der Waals surface area (Å²) in [5.74, 6) is 0.0257. The Balaban J connectivity index is 1.68. The predicted octanol–water partition coefficient (Wildman–Crippen LogP) is 1.55. The number of nitrogens with one attached hydrogen (secondary N) is 1. The van der Waals surface area contributed by atoms with Gasteiger partial charge in [0.15, 0.2) is 0 Å². The Bertz CT molecular complexity index is 867. The molecule has 1 saturated carbocycles. The number of rotatable bonds is 2. The van der Waals surface area contributed by atoms with Crippen molar-refractivity contribution in [2.45, 2.75) is 18.4 Å². The monoisotopic (exact) mass is 357 g/mol. The zero-order valence-corrected chi connectivity index (χ0v) is 13.7. The van der Waals surface area contributed by atoms with Crippen molar-refractivity contribution in [1.29, 1.82) is 0 Å². The highest BCUT2D eigenvalue weighted by molar-refractivity contribution is 7.83. The number of hydrogen-bond acceptors (Lipinski definition) is 4. The van der Waals surface area contributed by atoms with E-state index in [-0.39, 0.29) is 24.9 Å². The van der Waals surface area contributed by atoms with Crippen LogP contribution in [-0.4, -0.2) is 45.7 Å². The highest BCUT2D eigenvalue weighted by Crippen LogP contribution is 2.50. The summed E-state index contributed by atoms with van der Waals surface area (Å²) in [5.41, 5.74) is 0.380. The van der Waals surface area contributed by atoms with E-state index in [0.29, 0.717) is 23.4 Å². The third-order valence-electron chi connectivity index (χ3n) is 5.08. The van der Waals surface area contributed by atoms with Crippen LogP contribution in [0.1, 0.15) is 18.4 Å². The van der Waals surface area contributed by atoms with E-state index in [2.05, 4.69) is 10.2 Å². The average molecular weight is 358 g/mol. The molecule has 1 aromatic carbocycles. The molecule has 1 unspecified atom stereocenters. The molecule has 1 aliphatic carbocycles. The lowest BCUT2D eigenvalue weighted by molar-refractivity contribution is 0.0349. The number of aromatic amines is 1. The maximum atomic E-state index is 11.3. The number of aromatic nitrogens is 2. The molecule has 0 spiro atoms. The second-order valence-corrected chi connectivity index (χ2v) is 8.39. The Kier molecular flexibility index (Phi) is 3.27. The van der Waals surface area contributed by atoms with Crippen LogP contribution in [0.4, 0.5) is 0 Å². The van der Waals surface area contributed by atoms with Crippen molar-refractivity contribution in [3.8, 4) is 0 Å². The highest BCUT2D eigenvalue weighted by atomic mass is 35.5. The fraction of sp³-hybridized carbons (Fsp3) is 0.500. The SMILES string of the molecule is O=S(=O)(O)N1C[C@@H]2CC(O)(c3cc(Cl)cc4cn[nH]c34)C[C@@H]2C1. The van der Waals surface area contributed by atoms with Gasteiger partial charge >= 0.3 is 10.3 Å². The van der Waals surface area contributed by atoms with Crippen molar-refractivity contribution in [2.24, 2.45) is 11.8 Å². The molecule has 2 fully saturated rings. The molecular weight excluding hydrogens is 342 g/mol. The minimum Gasteiger partial charge on any atom is -0.385 e.